The topological polar surface area (TPSA) is 67.4 Å². The number of carbonyl (C=O) groups excluding carboxylic acids is 2. The van der Waals surface area contributed by atoms with Crippen LogP contribution in [0.15, 0.2) is 24.3 Å². The van der Waals surface area contributed by atoms with E-state index in [9.17, 15) is 9.59 Å². The Balaban J connectivity index is 2.14. The maximum Gasteiger partial charge on any atom is 0.251 e. The zero-order valence-electron chi connectivity index (χ0n) is 13.6. The molecule has 2 N–H and O–H groups in total. The molecule has 0 atom stereocenters. The third-order valence-electron chi connectivity index (χ3n) is 2.93. The summed E-state index contributed by atoms with van der Waals surface area (Å²) in [5, 5.41) is 5.37. The van der Waals surface area contributed by atoms with Crippen molar-refractivity contribution < 1.29 is 14.3 Å². The molecule has 0 aliphatic carbocycles. The van der Waals surface area contributed by atoms with Gasteiger partial charge in [-0.1, -0.05) is 31.5 Å². The van der Waals surface area contributed by atoms with Gasteiger partial charge in [-0.25, -0.2) is 0 Å². The molecular formula is C17H26N2O3. The number of nitrogens with one attached hydrogen (secondary N) is 2. The van der Waals surface area contributed by atoms with E-state index < -0.39 is 0 Å². The second kappa shape index (κ2) is 9.95. The minimum absolute atomic E-state index is 0.0143. The van der Waals surface area contributed by atoms with Crippen LogP contribution in [0.2, 0.25) is 0 Å². The molecule has 0 saturated carbocycles. The van der Waals surface area contributed by atoms with Crippen LogP contribution in [-0.4, -0.2) is 38.1 Å². The van der Waals surface area contributed by atoms with E-state index in [1.54, 1.807) is 12.1 Å². The normalized spacial score (nSPS) is 10.5. The Morgan fingerprint density at radius 1 is 1.23 bits per heavy atom. The van der Waals surface area contributed by atoms with Gasteiger partial charge in [-0.15, -0.1) is 0 Å². The van der Waals surface area contributed by atoms with Gasteiger partial charge < -0.3 is 15.4 Å². The first-order valence-corrected chi connectivity index (χ1v) is 7.68. The number of hydrogen-bond donors (Lipinski definition) is 2. The van der Waals surface area contributed by atoms with Crippen molar-refractivity contribution in [1.29, 1.82) is 0 Å². The summed E-state index contributed by atoms with van der Waals surface area (Å²) in [6.07, 6.45) is 0.768. The van der Waals surface area contributed by atoms with E-state index in [0.717, 1.165) is 18.6 Å². The quantitative estimate of drug-likeness (QED) is 0.685. The molecule has 5 heteroatoms. The van der Waals surface area contributed by atoms with E-state index in [2.05, 4.69) is 24.5 Å². The van der Waals surface area contributed by atoms with Gasteiger partial charge in [0.2, 0.25) is 5.91 Å². The van der Waals surface area contributed by atoms with Crippen molar-refractivity contribution in [3.63, 3.8) is 0 Å². The summed E-state index contributed by atoms with van der Waals surface area (Å²) in [4.78, 5) is 23.5. The molecular weight excluding hydrogens is 280 g/mol. The monoisotopic (exact) mass is 306 g/mol. The highest BCUT2D eigenvalue weighted by atomic mass is 16.5. The van der Waals surface area contributed by atoms with Crippen molar-refractivity contribution in [2.75, 3.05) is 26.3 Å². The van der Waals surface area contributed by atoms with Crippen LogP contribution in [-0.2, 0) is 9.53 Å². The van der Waals surface area contributed by atoms with Gasteiger partial charge >= 0.3 is 0 Å². The third-order valence-corrected chi connectivity index (χ3v) is 2.93. The molecule has 0 fully saturated rings. The molecule has 5 nitrogen and oxygen atoms in total. The van der Waals surface area contributed by atoms with Crippen LogP contribution in [0.25, 0.3) is 0 Å². The lowest BCUT2D eigenvalue weighted by Gasteiger charge is -2.09. The molecule has 0 aliphatic heterocycles. The molecule has 0 heterocycles. The first-order valence-electron chi connectivity index (χ1n) is 7.68. The molecule has 0 unspecified atom stereocenters. The number of ether oxygens (including phenoxy) is 1. The lowest BCUT2D eigenvalue weighted by atomic mass is 10.1. The number of aryl methyl sites for hydroxylation is 1. The average Bonchev–Trinajstić information content (AvgIpc) is 2.48. The summed E-state index contributed by atoms with van der Waals surface area (Å²) in [5.41, 5.74) is 1.58. The highest BCUT2D eigenvalue weighted by molar-refractivity contribution is 5.96. The van der Waals surface area contributed by atoms with Crippen molar-refractivity contribution in [2.24, 2.45) is 5.92 Å². The van der Waals surface area contributed by atoms with E-state index in [-0.39, 0.29) is 18.4 Å². The van der Waals surface area contributed by atoms with Crippen molar-refractivity contribution in [2.45, 2.75) is 27.2 Å². The van der Waals surface area contributed by atoms with Crippen molar-refractivity contribution in [3.8, 4) is 0 Å². The molecule has 122 valence electrons. The van der Waals surface area contributed by atoms with E-state index in [0.29, 0.717) is 24.6 Å². The van der Waals surface area contributed by atoms with Gasteiger partial charge in [-0.3, -0.25) is 9.59 Å². The molecule has 0 aromatic heterocycles. The van der Waals surface area contributed by atoms with Gasteiger partial charge in [0.05, 0.1) is 6.54 Å². The summed E-state index contributed by atoms with van der Waals surface area (Å²) in [5.74, 6) is 0.0930. The zero-order chi connectivity index (χ0) is 16.4. The average molecular weight is 306 g/mol. The van der Waals surface area contributed by atoms with Crippen LogP contribution in [0, 0.1) is 12.8 Å². The fourth-order valence-corrected chi connectivity index (χ4v) is 1.83. The fraction of sp³-hybridized carbons (Fsp3) is 0.529. The molecule has 1 aromatic rings. The largest absolute Gasteiger partial charge is 0.381 e. The van der Waals surface area contributed by atoms with Gasteiger partial charge in [0.25, 0.3) is 5.91 Å². The lowest BCUT2D eigenvalue weighted by molar-refractivity contribution is -0.120. The maximum absolute atomic E-state index is 11.9. The maximum atomic E-state index is 11.9. The van der Waals surface area contributed by atoms with E-state index in [1.807, 2.05) is 19.1 Å². The number of rotatable bonds is 9. The van der Waals surface area contributed by atoms with E-state index >= 15 is 0 Å². The van der Waals surface area contributed by atoms with Crippen LogP contribution in [0.5, 0.6) is 0 Å². The Morgan fingerprint density at radius 3 is 2.68 bits per heavy atom. The number of benzene rings is 1. The third kappa shape index (κ3) is 7.78. The molecule has 0 bridgehead atoms. The van der Waals surface area contributed by atoms with Gasteiger partial charge in [-0.05, 0) is 31.4 Å². The summed E-state index contributed by atoms with van der Waals surface area (Å²) >= 11 is 0. The Labute approximate surface area is 132 Å². The van der Waals surface area contributed by atoms with Crippen LogP contribution in [0.4, 0.5) is 0 Å². The second-order valence-corrected chi connectivity index (χ2v) is 5.72. The Bertz CT molecular complexity index is 487. The molecule has 1 rings (SSSR count). The SMILES string of the molecule is Cc1cccc(C(=O)NCC(=O)NCCCOCC(C)C)c1. The molecule has 0 radical (unpaired) electrons. The Kier molecular flexibility index (Phi) is 8.22. The Morgan fingerprint density at radius 2 is 2.00 bits per heavy atom. The lowest BCUT2D eigenvalue weighted by Crippen LogP contribution is -2.37. The minimum Gasteiger partial charge on any atom is -0.381 e. The molecule has 22 heavy (non-hydrogen) atoms. The summed E-state index contributed by atoms with van der Waals surface area (Å²) in [6, 6.07) is 7.26. The molecule has 2 amide bonds. The number of amides is 2. The molecule has 0 saturated heterocycles. The highest BCUT2D eigenvalue weighted by Gasteiger charge is 2.07. The summed E-state index contributed by atoms with van der Waals surface area (Å²) in [7, 11) is 0. The van der Waals surface area contributed by atoms with Gasteiger partial charge in [0.15, 0.2) is 0 Å². The van der Waals surface area contributed by atoms with E-state index in [4.69, 9.17) is 4.74 Å². The molecule has 0 aliphatic rings. The summed E-state index contributed by atoms with van der Waals surface area (Å²) in [6.45, 7) is 8.02. The number of hydrogen-bond acceptors (Lipinski definition) is 3. The van der Waals surface area contributed by atoms with Crippen molar-refractivity contribution in [3.05, 3.63) is 35.4 Å². The van der Waals surface area contributed by atoms with Crippen molar-refractivity contribution in [1.82, 2.24) is 10.6 Å². The second-order valence-electron chi connectivity index (χ2n) is 5.72. The van der Waals surface area contributed by atoms with E-state index in [1.165, 1.54) is 0 Å². The standard InChI is InChI=1S/C17H26N2O3/c1-13(2)12-22-9-5-8-18-16(20)11-19-17(21)15-7-4-6-14(3)10-15/h4,6-7,10,13H,5,8-9,11-12H2,1-3H3,(H,18,20)(H,19,21). The van der Waals surface area contributed by atoms with Gasteiger partial charge in [-0.2, -0.15) is 0 Å². The van der Waals surface area contributed by atoms with Crippen LogP contribution in [0.3, 0.4) is 0 Å². The molecule has 0 spiro atoms. The predicted octanol–water partition coefficient (Wildman–Crippen LogP) is 1.90. The Hall–Kier alpha value is -1.88. The van der Waals surface area contributed by atoms with Crippen LogP contribution < -0.4 is 10.6 Å². The molecule has 1 aromatic carbocycles. The summed E-state index contributed by atoms with van der Waals surface area (Å²) < 4.78 is 5.42. The first kappa shape index (κ1) is 18.2. The van der Waals surface area contributed by atoms with Crippen molar-refractivity contribution >= 4 is 11.8 Å². The number of carbonyl (C=O) groups is 2. The minimum atomic E-state index is -0.237. The van der Waals surface area contributed by atoms with Crippen LogP contribution in [0.1, 0.15) is 36.2 Å². The highest BCUT2D eigenvalue weighted by Crippen LogP contribution is 2.03. The first-order chi connectivity index (χ1) is 10.5. The van der Waals surface area contributed by atoms with Crippen LogP contribution >= 0.6 is 0 Å². The van der Waals surface area contributed by atoms with Gasteiger partial charge in [0.1, 0.15) is 0 Å². The predicted molar refractivity (Wildman–Crippen MR) is 86.8 cm³/mol. The smallest absolute Gasteiger partial charge is 0.251 e. The fourth-order valence-electron chi connectivity index (χ4n) is 1.83. The van der Waals surface area contributed by atoms with Gasteiger partial charge in [0, 0.05) is 25.3 Å². The zero-order valence-corrected chi connectivity index (χ0v) is 13.6.